The number of rotatable bonds is 3. The molecule has 4 rings (SSSR count). The van der Waals surface area contributed by atoms with Gasteiger partial charge in [0.25, 0.3) is 0 Å². The molecule has 2 unspecified atom stereocenters. The highest BCUT2D eigenvalue weighted by atomic mass is 19.1. The van der Waals surface area contributed by atoms with Crippen molar-refractivity contribution in [1.82, 2.24) is 9.88 Å². The summed E-state index contributed by atoms with van der Waals surface area (Å²) >= 11 is 0. The lowest BCUT2D eigenvalue weighted by Gasteiger charge is -2.39. The van der Waals surface area contributed by atoms with Gasteiger partial charge in [0.05, 0.1) is 5.69 Å². The third kappa shape index (κ3) is 3.53. The van der Waals surface area contributed by atoms with E-state index < -0.39 is 5.60 Å². The number of fused-ring (bicyclic) bond motifs is 1. The topological polar surface area (TPSA) is 36.4 Å². The molecule has 1 saturated heterocycles. The molecule has 27 heavy (non-hydrogen) atoms. The smallest absolute Gasteiger partial charge is 0.123 e. The van der Waals surface area contributed by atoms with Crippen molar-refractivity contribution in [3.8, 4) is 11.1 Å². The number of hydrogen-bond donors (Lipinski definition) is 1. The van der Waals surface area contributed by atoms with E-state index in [1.807, 2.05) is 12.1 Å². The van der Waals surface area contributed by atoms with Crippen LogP contribution in [0.4, 0.5) is 4.39 Å². The van der Waals surface area contributed by atoms with Crippen molar-refractivity contribution in [3.63, 3.8) is 0 Å². The lowest BCUT2D eigenvalue weighted by molar-refractivity contribution is -0.0374. The first kappa shape index (κ1) is 18.6. The molecule has 0 bridgehead atoms. The van der Waals surface area contributed by atoms with Crippen LogP contribution >= 0.6 is 0 Å². The average molecular weight is 368 g/mol. The molecule has 1 aliphatic carbocycles. The number of β-amino-alcohol motifs (C(OH)–C–C–N with tert-alkyl or cyclic N) is 1. The Hall–Kier alpha value is -1.78. The summed E-state index contributed by atoms with van der Waals surface area (Å²) in [5.41, 5.74) is 4.40. The van der Waals surface area contributed by atoms with Crippen molar-refractivity contribution in [3.05, 3.63) is 53.1 Å². The number of aromatic nitrogens is 1. The number of piperidine rings is 1. The minimum absolute atomic E-state index is 0.222. The highest BCUT2D eigenvalue weighted by Crippen LogP contribution is 2.40. The highest BCUT2D eigenvalue weighted by Gasteiger charge is 2.37. The summed E-state index contributed by atoms with van der Waals surface area (Å²) in [6.45, 7) is 6.97. The fourth-order valence-electron chi connectivity index (χ4n) is 4.71. The molecule has 144 valence electrons. The van der Waals surface area contributed by atoms with Gasteiger partial charge in [-0.2, -0.15) is 0 Å². The third-order valence-electron chi connectivity index (χ3n) is 6.32. The van der Waals surface area contributed by atoms with Gasteiger partial charge in [-0.15, -0.1) is 0 Å². The Labute approximate surface area is 161 Å². The van der Waals surface area contributed by atoms with Crippen LogP contribution in [0.3, 0.4) is 0 Å². The standard InChI is InChI=1S/C23H29FN2O/c1-3-26-13-5-12-23(27,15-26)21-14-20(17-8-10-18(24)11-9-17)19-7-4-6-16(2)22(19)25-21/h8-11,14,16,27H,3-7,12-13,15H2,1-2H3. The number of aliphatic hydroxyl groups is 1. The minimum atomic E-state index is -0.908. The molecule has 1 fully saturated rings. The maximum atomic E-state index is 13.5. The fraction of sp³-hybridized carbons (Fsp3) is 0.522. The van der Waals surface area contributed by atoms with Crippen molar-refractivity contribution in [2.24, 2.45) is 0 Å². The van der Waals surface area contributed by atoms with Crippen LogP contribution in [0.2, 0.25) is 0 Å². The molecule has 1 N–H and O–H groups in total. The predicted octanol–water partition coefficient (Wildman–Crippen LogP) is 4.63. The van der Waals surface area contributed by atoms with Crippen LogP contribution in [-0.4, -0.2) is 34.6 Å². The van der Waals surface area contributed by atoms with Crippen LogP contribution in [0.15, 0.2) is 30.3 Å². The normalized spacial score (nSPS) is 26.0. The van der Waals surface area contributed by atoms with Crippen LogP contribution < -0.4 is 0 Å². The molecule has 4 heteroatoms. The second-order valence-corrected chi connectivity index (χ2v) is 8.22. The summed E-state index contributed by atoms with van der Waals surface area (Å²) < 4.78 is 13.5. The third-order valence-corrected chi connectivity index (χ3v) is 6.32. The number of likely N-dealkylation sites (tertiary alicyclic amines) is 1. The first-order chi connectivity index (χ1) is 13.0. The van der Waals surface area contributed by atoms with Gasteiger partial charge < -0.3 is 10.0 Å². The zero-order valence-corrected chi connectivity index (χ0v) is 16.3. The van der Waals surface area contributed by atoms with Crippen molar-refractivity contribution in [2.45, 2.75) is 57.5 Å². The molecule has 0 radical (unpaired) electrons. The van der Waals surface area contributed by atoms with Gasteiger partial charge in [-0.05, 0) is 86.0 Å². The van der Waals surface area contributed by atoms with E-state index in [1.165, 1.54) is 17.7 Å². The number of benzene rings is 1. The van der Waals surface area contributed by atoms with E-state index in [4.69, 9.17) is 4.98 Å². The van der Waals surface area contributed by atoms with E-state index in [1.54, 1.807) is 0 Å². The maximum absolute atomic E-state index is 13.5. The number of pyridine rings is 1. The van der Waals surface area contributed by atoms with Crippen LogP contribution in [0.1, 0.15) is 62.4 Å². The molecule has 0 amide bonds. The summed E-state index contributed by atoms with van der Waals surface area (Å²) in [7, 11) is 0. The molecule has 2 aromatic rings. The Kier molecular flexibility index (Phi) is 5.04. The first-order valence-electron chi connectivity index (χ1n) is 10.2. The number of halogens is 1. The van der Waals surface area contributed by atoms with Crippen molar-refractivity contribution < 1.29 is 9.50 Å². The van der Waals surface area contributed by atoms with Gasteiger partial charge in [0, 0.05) is 12.2 Å². The first-order valence-corrected chi connectivity index (χ1v) is 10.2. The van der Waals surface area contributed by atoms with Gasteiger partial charge in [0.2, 0.25) is 0 Å². The second-order valence-electron chi connectivity index (χ2n) is 8.22. The molecule has 2 heterocycles. The molecule has 2 aliphatic rings. The molecule has 0 spiro atoms. The second kappa shape index (κ2) is 7.33. The summed E-state index contributed by atoms with van der Waals surface area (Å²) in [5, 5.41) is 11.5. The summed E-state index contributed by atoms with van der Waals surface area (Å²) in [4.78, 5) is 7.31. The molecular formula is C23H29FN2O. The van der Waals surface area contributed by atoms with Crippen molar-refractivity contribution in [2.75, 3.05) is 19.6 Å². The Balaban J connectivity index is 1.84. The molecule has 3 nitrogen and oxygen atoms in total. The fourth-order valence-corrected chi connectivity index (χ4v) is 4.71. The lowest BCUT2D eigenvalue weighted by Crippen LogP contribution is -2.46. The number of hydrogen-bond acceptors (Lipinski definition) is 3. The van der Waals surface area contributed by atoms with Gasteiger partial charge in [0.1, 0.15) is 11.4 Å². The van der Waals surface area contributed by atoms with Crippen molar-refractivity contribution in [1.29, 1.82) is 0 Å². The van der Waals surface area contributed by atoms with E-state index >= 15 is 0 Å². The summed E-state index contributed by atoms with van der Waals surface area (Å²) in [5.74, 6) is 0.169. The Bertz CT molecular complexity index is 820. The van der Waals surface area contributed by atoms with E-state index in [2.05, 4.69) is 24.8 Å². The van der Waals surface area contributed by atoms with Gasteiger partial charge in [-0.1, -0.05) is 26.0 Å². The summed E-state index contributed by atoms with van der Waals surface area (Å²) in [6, 6.07) is 8.79. The SMILES string of the molecule is CCN1CCCC(O)(c2cc(-c3ccc(F)cc3)c3c(n2)C(C)CCC3)C1. The van der Waals surface area contributed by atoms with Crippen LogP contribution in [0, 0.1) is 5.82 Å². The van der Waals surface area contributed by atoms with E-state index in [0.29, 0.717) is 12.5 Å². The highest BCUT2D eigenvalue weighted by molar-refractivity contribution is 5.69. The Morgan fingerprint density at radius 3 is 2.78 bits per heavy atom. The van der Waals surface area contributed by atoms with E-state index in [0.717, 1.165) is 67.7 Å². The predicted molar refractivity (Wildman–Crippen MR) is 106 cm³/mol. The van der Waals surface area contributed by atoms with Crippen LogP contribution in [0.5, 0.6) is 0 Å². The summed E-state index contributed by atoms with van der Waals surface area (Å²) in [6.07, 6.45) is 5.00. The van der Waals surface area contributed by atoms with Gasteiger partial charge in [-0.3, -0.25) is 4.98 Å². The Morgan fingerprint density at radius 2 is 2.04 bits per heavy atom. The quantitative estimate of drug-likeness (QED) is 0.858. The zero-order valence-electron chi connectivity index (χ0n) is 16.3. The van der Waals surface area contributed by atoms with Crippen molar-refractivity contribution >= 4 is 0 Å². The van der Waals surface area contributed by atoms with Gasteiger partial charge in [0.15, 0.2) is 0 Å². The zero-order chi connectivity index (χ0) is 19.0. The van der Waals surface area contributed by atoms with E-state index in [-0.39, 0.29) is 5.82 Å². The molecule has 1 aliphatic heterocycles. The van der Waals surface area contributed by atoms with E-state index in [9.17, 15) is 9.50 Å². The molecule has 1 aromatic heterocycles. The number of likely N-dealkylation sites (N-methyl/N-ethyl adjacent to an activating group) is 1. The molecule has 2 atom stereocenters. The molecule has 0 saturated carbocycles. The molecule has 1 aromatic carbocycles. The number of nitrogens with zero attached hydrogens (tertiary/aromatic N) is 2. The lowest BCUT2D eigenvalue weighted by atomic mass is 9.81. The maximum Gasteiger partial charge on any atom is 0.123 e. The molecular weight excluding hydrogens is 339 g/mol. The van der Waals surface area contributed by atoms with Gasteiger partial charge in [-0.25, -0.2) is 4.39 Å². The minimum Gasteiger partial charge on any atom is -0.382 e. The van der Waals surface area contributed by atoms with Crippen LogP contribution in [0.25, 0.3) is 11.1 Å². The monoisotopic (exact) mass is 368 g/mol. The van der Waals surface area contributed by atoms with Gasteiger partial charge >= 0.3 is 0 Å². The largest absolute Gasteiger partial charge is 0.382 e. The Morgan fingerprint density at radius 1 is 1.26 bits per heavy atom. The van der Waals surface area contributed by atoms with Crippen LogP contribution in [-0.2, 0) is 12.0 Å². The average Bonchev–Trinajstić information content (AvgIpc) is 2.68.